The largest absolute Gasteiger partial charge is 0.394 e. The summed E-state index contributed by atoms with van der Waals surface area (Å²) in [7, 11) is 0. The summed E-state index contributed by atoms with van der Waals surface area (Å²) < 4.78 is 5.75. The molecule has 2 aliphatic rings. The van der Waals surface area contributed by atoms with Gasteiger partial charge in [-0.1, -0.05) is 37.3 Å². The molecule has 1 saturated heterocycles. The van der Waals surface area contributed by atoms with Crippen LogP contribution in [0.4, 0.5) is 5.69 Å². The fourth-order valence-corrected chi connectivity index (χ4v) is 4.62. The Morgan fingerprint density at radius 1 is 1.07 bits per heavy atom. The number of rotatable bonds is 4. The highest BCUT2D eigenvalue weighted by Gasteiger charge is 2.44. The monoisotopic (exact) mass is 413 g/mol. The number of hydrogen-bond acceptors (Lipinski definition) is 6. The van der Waals surface area contributed by atoms with Crippen LogP contribution in [0.15, 0.2) is 36.4 Å². The van der Waals surface area contributed by atoms with Crippen LogP contribution in [0, 0.1) is 6.92 Å². The maximum Gasteiger partial charge on any atom is 0.113 e. The van der Waals surface area contributed by atoms with Gasteiger partial charge in [-0.2, -0.15) is 0 Å². The molecule has 0 spiro atoms. The lowest BCUT2D eigenvalue weighted by Crippen LogP contribution is -2.55. The molecule has 2 aliphatic heterocycles. The summed E-state index contributed by atoms with van der Waals surface area (Å²) in [6.07, 6.45) is -3.53. The van der Waals surface area contributed by atoms with Crippen molar-refractivity contribution >= 4 is 5.69 Å². The van der Waals surface area contributed by atoms with E-state index in [0.717, 1.165) is 36.1 Å². The first-order valence-electron chi connectivity index (χ1n) is 10.7. The number of aryl methyl sites for hydroxylation is 2. The number of ether oxygens (including phenoxy) is 1. The summed E-state index contributed by atoms with van der Waals surface area (Å²) in [4.78, 5) is 0. The number of hydrogen-bond donors (Lipinski definition) is 5. The topological polar surface area (TPSA) is 102 Å². The molecule has 162 valence electrons. The second kappa shape index (κ2) is 8.65. The Kier molecular flexibility index (Phi) is 6.14. The van der Waals surface area contributed by atoms with Crippen molar-refractivity contribution in [1.82, 2.24) is 0 Å². The normalized spacial score (nSPS) is 29.7. The van der Waals surface area contributed by atoms with Crippen molar-refractivity contribution in [3.05, 3.63) is 64.2 Å². The highest BCUT2D eigenvalue weighted by atomic mass is 16.5. The van der Waals surface area contributed by atoms with Crippen molar-refractivity contribution in [2.45, 2.75) is 63.1 Å². The molecule has 6 nitrogen and oxygen atoms in total. The molecule has 0 aliphatic carbocycles. The maximum absolute atomic E-state index is 10.5. The molecule has 1 fully saturated rings. The van der Waals surface area contributed by atoms with E-state index in [-0.39, 0.29) is 5.92 Å². The number of anilines is 1. The SMILES string of the molecule is Cc1ccc([C@@H]2O[C@H](CO)[C@@H](O)[C@H](O)[C@H]2O)cc1C(C)c1ccc2c(c1)CCCN2. The average molecular weight is 414 g/mol. The van der Waals surface area contributed by atoms with Gasteiger partial charge in [-0.15, -0.1) is 0 Å². The Labute approximate surface area is 177 Å². The molecular formula is C24H31NO5. The van der Waals surface area contributed by atoms with Gasteiger partial charge in [0.25, 0.3) is 0 Å². The first-order chi connectivity index (χ1) is 14.4. The van der Waals surface area contributed by atoms with Gasteiger partial charge >= 0.3 is 0 Å². The number of fused-ring (bicyclic) bond motifs is 1. The molecule has 1 unspecified atom stereocenters. The Hall–Kier alpha value is -1.96. The molecule has 2 aromatic carbocycles. The van der Waals surface area contributed by atoms with Crippen molar-refractivity contribution in [3.63, 3.8) is 0 Å². The zero-order valence-corrected chi connectivity index (χ0v) is 17.5. The third-order valence-electron chi connectivity index (χ3n) is 6.56. The first-order valence-corrected chi connectivity index (χ1v) is 10.7. The van der Waals surface area contributed by atoms with Gasteiger partial charge in [0.2, 0.25) is 0 Å². The van der Waals surface area contributed by atoms with E-state index >= 15 is 0 Å². The lowest BCUT2D eigenvalue weighted by atomic mass is 9.84. The maximum atomic E-state index is 10.5. The molecule has 30 heavy (non-hydrogen) atoms. The molecule has 4 rings (SSSR count). The van der Waals surface area contributed by atoms with Crippen molar-refractivity contribution in [3.8, 4) is 0 Å². The van der Waals surface area contributed by atoms with E-state index < -0.39 is 37.1 Å². The third-order valence-corrected chi connectivity index (χ3v) is 6.56. The van der Waals surface area contributed by atoms with Gasteiger partial charge in [-0.05, 0) is 53.6 Å². The quantitative estimate of drug-likeness (QED) is 0.526. The van der Waals surface area contributed by atoms with E-state index in [9.17, 15) is 20.4 Å². The smallest absolute Gasteiger partial charge is 0.113 e. The predicted octanol–water partition coefficient (Wildman–Crippen LogP) is 2.02. The Bertz CT molecular complexity index is 899. The Morgan fingerprint density at radius 3 is 2.63 bits per heavy atom. The molecule has 0 radical (unpaired) electrons. The van der Waals surface area contributed by atoms with Crippen LogP contribution in [0.5, 0.6) is 0 Å². The molecule has 5 N–H and O–H groups in total. The predicted molar refractivity (Wildman–Crippen MR) is 115 cm³/mol. The second-order valence-electron chi connectivity index (χ2n) is 8.53. The molecule has 6 heteroatoms. The minimum Gasteiger partial charge on any atom is -0.394 e. The number of benzene rings is 2. The van der Waals surface area contributed by atoms with Gasteiger partial charge in [0, 0.05) is 18.2 Å². The van der Waals surface area contributed by atoms with Crippen LogP contribution in [0.1, 0.15) is 53.2 Å². The van der Waals surface area contributed by atoms with E-state index in [0.29, 0.717) is 0 Å². The van der Waals surface area contributed by atoms with Gasteiger partial charge in [0.05, 0.1) is 6.61 Å². The molecule has 6 atom stereocenters. The summed E-state index contributed by atoms with van der Waals surface area (Å²) in [5.74, 6) is 0.141. The summed E-state index contributed by atoms with van der Waals surface area (Å²) in [5.41, 5.74) is 6.75. The summed E-state index contributed by atoms with van der Waals surface area (Å²) in [6, 6.07) is 12.4. The van der Waals surface area contributed by atoms with Gasteiger partial charge in [0.1, 0.15) is 30.5 Å². The molecule has 0 amide bonds. The van der Waals surface area contributed by atoms with Crippen LogP contribution < -0.4 is 5.32 Å². The van der Waals surface area contributed by atoms with E-state index in [2.05, 4.69) is 37.4 Å². The fraction of sp³-hybridized carbons (Fsp3) is 0.500. The fourth-order valence-electron chi connectivity index (χ4n) is 4.62. The minimum absolute atomic E-state index is 0.141. The van der Waals surface area contributed by atoms with E-state index in [1.54, 1.807) is 0 Å². The molecule has 0 bridgehead atoms. The standard InChI is InChI=1S/C24H31NO5/c1-13-5-6-17(24-23(29)22(28)21(27)20(12-26)30-24)11-18(13)14(2)15-7-8-19-16(10-15)4-3-9-25-19/h5-8,10-11,14,20-29H,3-4,9,12H2,1-2H3/t14?,20-,21-,22+,23-,24+/m1/s1. The van der Waals surface area contributed by atoms with Gasteiger partial charge in [-0.25, -0.2) is 0 Å². The van der Waals surface area contributed by atoms with Crippen LogP contribution >= 0.6 is 0 Å². The first kappa shape index (κ1) is 21.3. The van der Waals surface area contributed by atoms with Crippen molar-refractivity contribution < 1.29 is 25.2 Å². The molecule has 2 aromatic rings. The average Bonchev–Trinajstić information content (AvgIpc) is 2.77. The number of aliphatic hydroxyl groups is 4. The minimum atomic E-state index is -1.38. The lowest BCUT2D eigenvalue weighted by Gasteiger charge is -2.40. The van der Waals surface area contributed by atoms with E-state index in [1.165, 1.54) is 16.8 Å². The zero-order valence-electron chi connectivity index (χ0n) is 17.5. The van der Waals surface area contributed by atoms with Crippen LogP contribution in [0.3, 0.4) is 0 Å². The molecule has 2 heterocycles. The van der Waals surface area contributed by atoms with Crippen molar-refractivity contribution in [2.75, 3.05) is 18.5 Å². The van der Waals surface area contributed by atoms with Gasteiger partial charge in [0.15, 0.2) is 0 Å². The molecule has 0 aromatic heterocycles. The van der Waals surface area contributed by atoms with Gasteiger partial charge < -0.3 is 30.5 Å². The number of aliphatic hydroxyl groups excluding tert-OH is 4. The Balaban J connectivity index is 1.65. The second-order valence-corrected chi connectivity index (χ2v) is 8.53. The van der Waals surface area contributed by atoms with Crippen molar-refractivity contribution in [1.29, 1.82) is 0 Å². The third kappa shape index (κ3) is 3.86. The molecule has 0 saturated carbocycles. The number of nitrogens with one attached hydrogen (secondary N) is 1. The highest BCUT2D eigenvalue weighted by Crippen LogP contribution is 2.36. The summed E-state index contributed by atoms with van der Waals surface area (Å²) >= 11 is 0. The highest BCUT2D eigenvalue weighted by molar-refractivity contribution is 5.56. The van der Waals surface area contributed by atoms with Gasteiger partial charge in [-0.3, -0.25) is 0 Å². The van der Waals surface area contributed by atoms with E-state index in [4.69, 9.17) is 4.74 Å². The van der Waals surface area contributed by atoms with E-state index in [1.807, 2.05) is 18.2 Å². The van der Waals surface area contributed by atoms with Crippen LogP contribution in [-0.4, -0.2) is 58.0 Å². The van der Waals surface area contributed by atoms with Crippen LogP contribution in [-0.2, 0) is 11.2 Å². The summed E-state index contributed by atoms with van der Waals surface area (Å²) in [6.45, 7) is 4.81. The van der Waals surface area contributed by atoms with Crippen molar-refractivity contribution in [2.24, 2.45) is 0 Å². The Morgan fingerprint density at radius 2 is 1.87 bits per heavy atom. The van der Waals surface area contributed by atoms with Crippen LogP contribution in [0.25, 0.3) is 0 Å². The molecular weight excluding hydrogens is 382 g/mol. The lowest BCUT2D eigenvalue weighted by molar-refractivity contribution is -0.231. The summed E-state index contributed by atoms with van der Waals surface area (Å²) in [5, 5.41) is 43.6. The van der Waals surface area contributed by atoms with Crippen LogP contribution in [0.2, 0.25) is 0 Å². The zero-order chi connectivity index (χ0) is 21.4.